The van der Waals surface area contributed by atoms with Crippen molar-refractivity contribution in [3.05, 3.63) is 125 Å². The van der Waals surface area contributed by atoms with Crippen molar-refractivity contribution >= 4 is 10.8 Å². The maximum Gasteiger partial charge on any atom is 0.159 e. The Labute approximate surface area is 192 Å². The van der Waals surface area contributed by atoms with E-state index in [0.29, 0.717) is 36.0 Å². The van der Waals surface area contributed by atoms with Crippen molar-refractivity contribution in [3.63, 3.8) is 0 Å². The van der Waals surface area contributed by atoms with E-state index in [4.69, 9.17) is 4.74 Å². The topological polar surface area (TPSA) is 9.23 Å². The van der Waals surface area contributed by atoms with Crippen LogP contribution in [0.5, 0.6) is 5.75 Å². The second-order valence-corrected chi connectivity index (χ2v) is 8.09. The van der Waals surface area contributed by atoms with Gasteiger partial charge in [0.05, 0.1) is 0 Å². The van der Waals surface area contributed by atoms with Crippen LogP contribution in [-0.2, 0) is 25.7 Å². The van der Waals surface area contributed by atoms with Crippen LogP contribution in [0.4, 0.5) is 13.2 Å². The lowest BCUT2D eigenvalue weighted by Crippen LogP contribution is -1.98. The van der Waals surface area contributed by atoms with E-state index in [2.05, 4.69) is 18.7 Å². The number of rotatable bonds is 9. The molecule has 0 aliphatic heterocycles. The number of fused-ring (bicyclic) bond motifs is 1. The number of aryl methyl sites for hydroxylation is 4. The lowest BCUT2D eigenvalue weighted by molar-refractivity contribution is 0.363. The van der Waals surface area contributed by atoms with E-state index in [1.807, 2.05) is 36.4 Å². The maximum atomic E-state index is 15.1. The molecule has 0 bridgehead atoms. The van der Waals surface area contributed by atoms with Gasteiger partial charge in [-0.1, -0.05) is 61.2 Å². The Morgan fingerprint density at radius 3 is 2.09 bits per heavy atom. The first kappa shape index (κ1) is 22.7. The molecule has 33 heavy (non-hydrogen) atoms. The largest absolute Gasteiger partial charge is 0.490 e. The second kappa shape index (κ2) is 10.4. The molecule has 0 atom stereocenters. The summed E-state index contributed by atoms with van der Waals surface area (Å²) in [6.07, 6.45) is 4.30. The molecule has 0 unspecified atom stereocenters. The lowest BCUT2D eigenvalue weighted by Gasteiger charge is -2.10. The molecule has 4 aromatic carbocycles. The van der Waals surface area contributed by atoms with Gasteiger partial charge < -0.3 is 4.74 Å². The Morgan fingerprint density at radius 2 is 1.33 bits per heavy atom. The summed E-state index contributed by atoms with van der Waals surface area (Å²) in [6, 6.07) is 21.3. The van der Waals surface area contributed by atoms with E-state index in [-0.39, 0.29) is 5.82 Å². The molecule has 4 heteroatoms. The Hall–Kier alpha value is -3.53. The molecule has 0 saturated carbocycles. The van der Waals surface area contributed by atoms with Crippen molar-refractivity contribution < 1.29 is 17.9 Å². The van der Waals surface area contributed by atoms with Crippen LogP contribution in [0.1, 0.15) is 22.3 Å². The molecule has 0 spiro atoms. The first-order chi connectivity index (χ1) is 16.0. The first-order valence-corrected chi connectivity index (χ1v) is 11.0. The summed E-state index contributed by atoms with van der Waals surface area (Å²) in [5, 5.41) is 1.43. The van der Waals surface area contributed by atoms with Crippen molar-refractivity contribution in [2.45, 2.75) is 25.7 Å². The summed E-state index contributed by atoms with van der Waals surface area (Å²) < 4.78 is 47.1. The predicted octanol–water partition coefficient (Wildman–Crippen LogP) is 7.39. The minimum atomic E-state index is -0.879. The molecule has 168 valence electrons. The second-order valence-electron chi connectivity index (χ2n) is 8.09. The molecule has 0 saturated heterocycles. The molecule has 0 aliphatic carbocycles. The molecule has 0 N–H and O–H groups in total. The highest BCUT2D eigenvalue weighted by Crippen LogP contribution is 2.25. The maximum absolute atomic E-state index is 15.1. The van der Waals surface area contributed by atoms with Gasteiger partial charge in [0.1, 0.15) is 18.2 Å². The van der Waals surface area contributed by atoms with Crippen molar-refractivity contribution in [3.8, 4) is 5.75 Å². The van der Waals surface area contributed by atoms with Crippen LogP contribution in [0.25, 0.3) is 10.8 Å². The van der Waals surface area contributed by atoms with Gasteiger partial charge in [0, 0.05) is 5.39 Å². The molecule has 0 radical (unpaired) electrons. The molecular weight excluding hydrogens is 421 g/mol. The summed E-state index contributed by atoms with van der Waals surface area (Å²) in [4.78, 5) is 0. The highest BCUT2D eigenvalue weighted by Gasteiger charge is 2.10. The van der Waals surface area contributed by atoms with Crippen LogP contribution in [-0.4, -0.2) is 6.61 Å². The normalized spacial score (nSPS) is 11.0. The van der Waals surface area contributed by atoms with Gasteiger partial charge in [-0.15, -0.1) is 0 Å². The fraction of sp³-hybridized carbons (Fsp3) is 0.172. The van der Waals surface area contributed by atoms with Crippen LogP contribution < -0.4 is 4.74 Å². The zero-order valence-corrected chi connectivity index (χ0v) is 18.3. The molecule has 0 amide bonds. The number of benzene rings is 4. The fourth-order valence-electron chi connectivity index (χ4n) is 3.91. The van der Waals surface area contributed by atoms with E-state index in [1.165, 1.54) is 17.7 Å². The van der Waals surface area contributed by atoms with E-state index in [1.54, 1.807) is 12.1 Å². The summed E-state index contributed by atoms with van der Waals surface area (Å²) in [7, 11) is 0. The summed E-state index contributed by atoms with van der Waals surface area (Å²) in [6.45, 7) is 4.13. The zero-order chi connectivity index (χ0) is 23.2. The highest BCUT2D eigenvalue weighted by molar-refractivity contribution is 5.84. The third-order valence-electron chi connectivity index (χ3n) is 5.76. The van der Waals surface area contributed by atoms with E-state index < -0.39 is 11.6 Å². The Morgan fingerprint density at radius 1 is 0.667 bits per heavy atom. The number of hydrogen-bond donors (Lipinski definition) is 0. The number of ether oxygens (including phenoxy) is 1. The minimum Gasteiger partial charge on any atom is -0.490 e. The third-order valence-corrected chi connectivity index (χ3v) is 5.76. The molecule has 0 fully saturated rings. The van der Waals surface area contributed by atoms with E-state index in [0.717, 1.165) is 35.6 Å². The Balaban J connectivity index is 1.41. The van der Waals surface area contributed by atoms with Gasteiger partial charge >= 0.3 is 0 Å². The number of halogens is 3. The first-order valence-electron chi connectivity index (χ1n) is 11.0. The van der Waals surface area contributed by atoms with Gasteiger partial charge in [-0.3, -0.25) is 0 Å². The SMILES string of the molecule is C=CCOc1ccc(CCc2ccc3c(F)c(CCc4ccc(F)c(F)c4)ccc3c2)cc1. The van der Waals surface area contributed by atoms with Crippen molar-refractivity contribution in [2.24, 2.45) is 0 Å². The standard InChI is InChI=1S/C29H25F3O/c1-2-17-33-25-13-6-20(7-14-25)3-4-21-8-15-26-24(18-21)12-11-23(29(26)32)10-5-22-9-16-27(30)28(31)19-22/h2,6-9,11-16,18-19H,1,3-5,10,17H2. The van der Waals surface area contributed by atoms with Gasteiger partial charge in [0.15, 0.2) is 11.6 Å². The van der Waals surface area contributed by atoms with Gasteiger partial charge in [0.2, 0.25) is 0 Å². The van der Waals surface area contributed by atoms with E-state index in [9.17, 15) is 8.78 Å². The van der Waals surface area contributed by atoms with Crippen molar-refractivity contribution in [1.82, 2.24) is 0 Å². The van der Waals surface area contributed by atoms with Crippen LogP contribution in [0.15, 0.2) is 85.5 Å². The third kappa shape index (κ3) is 5.64. The summed E-state index contributed by atoms with van der Waals surface area (Å²) >= 11 is 0. The Bertz CT molecular complexity index is 1260. The van der Waals surface area contributed by atoms with Gasteiger partial charge in [-0.05, 0) is 77.6 Å². The summed E-state index contributed by atoms with van der Waals surface area (Å²) in [5.74, 6) is -1.19. The summed E-state index contributed by atoms with van der Waals surface area (Å²) in [5.41, 5.74) is 3.56. The predicted molar refractivity (Wildman–Crippen MR) is 127 cm³/mol. The molecule has 0 aliphatic rings. The molecule has 0 heterocycles. The minimum absolute atomic E-state index is 0.253. The average molecular weight is 447 g/mol. The van der Waals surface area contributed by atoms with Crippen molar-refractivity contribution in [1.29, 1.82) is 0 Å². The van der Waals surface area contributed by atoms with Gasteiger partial charge in [0.25, 0.3) is 0 Å². The molecule has 4 aromatic rings. The smallest absolute Gasteiger partial charge is 0.159 e. The molecule has 4 rings (SSSR count). The average Bonchev–Trinajstić information content (AvgIpc) is 2.83. The van der Waals surface area contributed by atoms with Crippen LogP contribution in [0.2, 0.25) is 0 Å². The van der Waals surface area contributed by atoms with E-state index >= 15 is 4.39 Å². The fourth-order valence-corrected chi connectivity index (χ4v) is 3.91. The Kier molecular flexibility index (Phi) is 7.13. The lowest BCUT2D eigenvalue weighted by atomic mass is 9.97. The van der Waals surface area contributed by atoms with Crippen molar-refractivity contribution in [2.75, 3.05) is 6.61 Å². The molecule has 1 nitrogen and oxygen atoms in total. The van der Waals surface area contributed by atoms with Crippen LogP contribution in [0, 0.1) is 17.5 Å². The van der Waals surface area contributed by atoms with Crippen LogP contribution in [0.3, 0.4) is 0 Å². The van der Waals surface area contributed by atoms with Gasteiger partial charge in [-0.2, -0.15) is 0 Å². The quantitative estimate of drug-likeness (QED) is 0.244. The molecular formula is C29H25F3O. The number of hydrogen-bond acceptors (Lipinski definition) is 1. The highest BCUT2D eigenvalue weighted by atomic mass is 19.2. The monoisotopic (exact) mass is 446 g/mol. The van der Waals surface area contributed by atoms with Gasteiger partial charge in [-0.25, -0.2) is 13.2 Å². The molecule has 0 aromatic heterocycles. The van der Waals surface area contributed by atoms with Crippen LogP contribution >= 0.6 is 0 Å². The zero-order valence-electron chi connectivity index (χ0n) is 18.3.